The molecular weight excluding hydrogens is 497 g/mol. The highest BCUT2D eigenvalue weighted by Gasteiger charge is 2.26. The van der Waals surface area contributed by atoms with Crippen LogP contribution in [0.2, 0.25) is 0 Å². The van der Waals surface area contributed by atoms with Crippen molar-refractivity contribution in [2.24, 2.45) is 10.1 Å². The highest BCUT2D eigenvalue weighted by molar-refractivity contribution is 7.89. The van der Waals surface area contributed by atoms with E-state index in [1.54, 1.807) is 46.9 Å². The number of rotatable bonds is 6. The number of ether oxygens (including phenoxy) is 1. The van der Waals surface area contributed by atoms with E-state index in [0.717, 1.165) is 16.1 Å². The summed E-state index contributed by atoms with van der Waals surface area (Å²) in [5.41, 5.74) is 2.65. The minimum absolute atomic E-state index is 0.261. The van der Waals surface area contributed by atoms with Gasteiger partial charge in [0, 0.05) is 24.0 Å². The lowest BCUT2D eigenvalue weighted by molar-refractivity contribution is 0.0730. The molecule has 3 aromatic heterocycles. The normalized spacial score (nSPS) is 16.1. The molecule has 0 radical (unpaired) electrons. The highest BCUT2D eigenvalue weighted by Crippen LogP contribution is 2.26. The average molecular weight is 517 g/mol. The predicted octanol–water partition coefficient (Wildman–Crippen LogP) is 4.48. The standard InChI is InChI=1S/C22H20N4O3S4/c27-33(28,25-8-10-29-11-9-25)19-5-3-18(4-6-19)24-22-26(23-14-17-7-13-30-15-17)20(16-32-22)21-2-1-12-31-21/h1-7,12-16H,8-11H2. The first-order valence-electron chi connectivity index (χ1n) is 10.1. The van der Waals surface area contributed by atoms with E-state index in [-0.39, 0.29) is 4.90 Å². The Hall–Kier alpha value is -2.41. The van der Waals surface area contributed by atoms with Gasteiger partial charge in [0.15, 0.2) is 0 Å². The molecule has 0 bridgehead atoms. The third kappa shape index (κ3) is 4.93. The Morgan fingerprint density at radius 3 is 2.48 bits per heavy atom. The van der Waals surface area contributed by atoms with E-state index in [1.165, 1.54) is 15.6 Å². The third-order valence-corrected chi connectivity index (χ3v) is 9.32. The molecule has 170 valence electrons. The van der Waals surface area contributed by atoms with E-state index in [9.17, 15) is 8.42 Å². The second kappa shape index (κ2) is 9.84. The lowest BCUT2D eigenvalue weighted by atomic mass is 10.3. The van der Waals surface area contributed by atoms with Crippen molar-refractivity contribution in [1.82, 2.24) is 8.98 Å². The van der Waals surface area contributed by atoms with Gasteiger partial charge in [0.25, 0.3) is 0 Å². The van der Waals surface area contributed by atoms with Crippen molar-refractivity contribution in [3.8, 4) is 10.6 Å². The van der Waals surface area contributed by atoms with Crippen LogP contribution in [0, 0.1) is 0 Å². The third-order valence-electron chi connectivity index (χ3n) is 4.99. The Kier molecular flexibility index (Phi) is 6.67. The number of thiophene rings is 2. The van der Waals surface area contributed by atoms with Crippen LogP contribution in [-0.2, 0) is 14.8 Å². The van der Waals surface area contributed by atoms with Crippen molar-refractivity contribution >= 4 is 55.9 Å². The Bertz CT molecular complexity index is 1400. The molecule has 1 aliphatic heterocycles. The van der Waals surface area contributed by atoms with Crippen LogP contribution >= 0.6 is 34.0 Å². The Balaban J connectivity index is 1.49. The lowest BCUT2D eigenvalue weighted by Crippen LogP contribution is -2.40. The van der Waals surface area contributed by atoms with Gasteiger partial charge in [-0.15, -0.1) is 22.7 Å². The molecule has 0 spiro atoms. The number of hydrogen-bond donors (Lipinski definition) is 0. The van der Waals surface area contributed by atoms with Gasteiger partial charge >= 0.3 is 0 Å². The molecule has 1 aliphatic rings. The molecule has 1 saturated heterocycles. The molecular formula is C22H20N4O3S4. The van der Waals surface area contributed by atoms with Crippen LogP contribution in [0.3, 0.4) is 0 Å². The van der Waals surface area contributed by atoms with Crippen LogP contribution in [0.1, 0.15) is 5.56 Å². The fourth-order valence-corrected chi connectivity index (χ4v) is 6.96. The van der Waals surface area contributed by atoms with Gasteiger partial charge < -0.3 is 4.74 Å². The molecule has 7 nitrogen and oxygen atoms in total. The molecule has 0 atom stereocenters. The number of hydrogen-bond acceptors (Lipinski definition) is 8. The fraction of sp³-hybridized carbons (Fsp3) is 0.182. The molecule has 11 heteroatoms. The summed E-state index contributed by atoms with van der Waals surface area (Å²) in [5, 5.41) is 12.8. The van der Waals surface area contributed by atoms with Gasteiger partial charge in [-0.3, -0.25) is 0 Å². The monoisotopic (exact) mass is 516 g/mol. The number of morpholine rings is 1. The highest BCUT2D eigenvalue weighted by atomic mass is 32.2. The number of thiazole rings is 1. The maximum Gasteiger partial charge on any atom is 0.243 e. The molecule has 1 fully saturated rings. The zero-order valence-corrected chi connectivity index (χ0v) is 20.7. The molecule has 0 amide bonds. The summed E-state index contributed by atoms with van der Waals surface area (Å²) in [4.78, 5) is 6.82. The van der Waals surface area contributed by atoms with Crippen LogP contribution < -0.4 is 4.80 Å². The summed E-state index contributed by atoms with van der Waals surface area (Å²) in [7, 11) is -3.53. The Labute approximate surface area is 203 Å². The smallest absolute Gasteiger partial charge is 0.243 e. The van der Waals surface area contributed by atoms with E-state index in [4.69, 9.17) is 9.73 Å². The van der Waals surface area contributed by atoms with Crippen LogP contribution in [0.5, 0.6) is 0 Å². The minimum Gasteiger partial charge on any atom is -0.379 e. The second-order valence-corrected chi connectivity index (χ2v) is 11.6. The van der Waals surface area contributed by atoms with Crippen molar-refractivity contribution in [1.29, 1.82) is 0 Å². The molecule has 4 aromatic rings. The van der Waals surface area contributed by atoms with Gasteiger partial charge in [-0.2, -0.15) is 20.7 Å². The average Bonchev–Trinajstić information content (AvgIpc) is 3.61. The number of aromatic nitrogens is 1. The van der Waals surface area contributed by atoms with Crippen LogP contribution in [-0.4, -0.2) is 49.9 Å². The maximum absolute atomic E-state index is 12.9. The van der Waals surface area contributed by atoms with Crippen molar-refractivity contribution < 1.29 is 13.2 Å². The SMILES string of the molecule is O=S(=O)(c1ccc(N=c2scc(-c3cccs3)n2N=Cc2ccsc2)cc1)N1CCOCC1. The summed E-state index contributed by atoms with van der Waals surface area (Å²) in [6.07, 6.45) is 1.82. The Morgan fingerprint density at radius 2 is 1.79 bits per heavy atom. The second-order valence-electron chi connectivity index (χ2n) is 7.12. The first-order chi connectivity index (χ1) is 16.1. The van der Waals surface area contributed by atoms with Gasteiger partial charge in [-0.1, -0.05) is 6.07 Å². The molecule has 5 rings (SSSR count). The first-order valence-corrected chi connectivity index (χ1v) is 14.3. The molecule has 0 saturated carbocycles. The summed E-state index contributed by atoms with van der Waals surface area (Å²) >= 11 is 4.75. The fourth-order valence-electron chi connectivity index (χ4n) is 3.30. The van der Waals surface area contributed by atoms with Crippen LogP contribution in [0.4, 0.5) is 5.69 Å². The van der Waals surface area contributed by atoms with E-state index in [0.29, 0.717) is 36.8 Å². The van der Waals surface area contributed by atoms with Gasteiger partial charge in [-0.25, -0.2) is 18.1 Å². The van der Waals surface area contributed by atoms with Crippen LogP contribution in [0.15, 0.2) is 79.0 Å². The van der Waals surface area contributed by atoms with Gasteiger partial charge in [0.1, 0.15) is 0 Å². The zero-order valence-electron chi connectivity index (χ0n) is 17.4. The number of nitrogens with zero attached hydrogens (tertiary/aromatic N) is 4. The molecule has 0 N–H and O–H groups in total. The zero-order chi connectivity index (χ0) is 22.7. The summed E-state index contributed by atoms with van der Waals surface area (Å²) in [6.45, 7) is 1.58. The summed E-state index contributed by atoms with van der Waals surface area (Å²) < 4.78 is 34.3. The van der Waals surface area contributed by atoms with E-state index >= 15 is 0 Å². The predicted molar refractivity (Wildman–Crippen MR) is 134 cm³/mol. The van der Waals surface area contributed by atoms with Gasteiger partial charge in [0.05, 0.1) is 40.6 Å². The first kappa shape index (κ1) is 22.4. The van der Waals surface area contributed by atoms with E-state index in [2.05, 4.69) is 11.2 Å². The molecule has 4 heterocycles. The van der Waals surface area contributed by atoms with Gasteiger partial charge in [0.2, 0.25) is 14.8 Å². The topological polar surface area (TPSA) is 76.3 Å². The van der Waals surface area contributed by atoms with E-state index < -0.39 is 10.0 Å². The van der Waals surface area contributed by atoms with Crippen LogP contribution in [0.25, 0.3) is 10.6 Å². The van der Waals surface area contributed by atoms with Gasteiger partial charge in [-0.05, 0) is 52.5 Å². The molecule has 0 unspecified atom stereocenters. The summed E-state index contributed by atoms with van der Waals surface area (Å²) in [5.74, 6) is 0. The molecule has 1 aromatic carbocycles. The Morgan fingerprint density at radius 1 is 0.970 bits per heavy atom. The van der Waals surface area contributed by atoms with Crippen molar-refractivity contribution in [2.75, 3.05) is 26.3 Å². The molecule has 33 heavy (non-hydrogen) atoms. The minimum atomic E-state index is -3.53. The summed E-state index contributed by atoms with van der Waals surface area (Å²) in [6, 6.07) is 12.7. The lowest BCUT2D eigenvalue weighted by Gasteiger charge is -2.26. The number of sulfonamides is 1. The van der Waals surface area contributed by atoms with Crippen molar-refractivity contribution in [2.45, 2.75) is 4.90 Å². The largest absolute Gasteiger partial charge is 0.379 e. The maximum atomic E-state index is 12.9. The van der Waals surface area contributed by atoms with E-state index in [1.807, 2.05) is 44.5 Å². The molecule has 0 aliphatic carbocycles. The van der Waals surface area contributed by atoms with Crippen molar-refractivity contribution in [3.05, 3.63) is 74.3 Å². The number of benzene rings is 1. The quantitative estimate of drug-likeness (QED) is 0.355. The van der Waals surface area contributed by atoms with Crippen molar-refractivity contribution in [3.63, 3.8) is 0 Å².